The lowest BCUT2D eigenvalue weighted by atomic mass is 9.98. The van der Waals surface area contributed by atoms with E-state index in [1.54, 1.807) is 48.5 Å². The summed E-state index contributed by atoms with van der Waals surface area (Å²) in [4.78, 5) is 28.5. The van der Waals surface area contributed by atoms with Crippen LogP contribution in [0.1, 0.15) is 53.6 Å². The number of hydrogen-bond acceptors (Lipinski definition) is 4. The molecule has 5 rings (SSSR count). The average molecular weight is 508 g/mol. The number of alkyl halides is 3. The summed E-state index contributed by atoms with van der Waals surface area (Å²) >= 11 is 0. The van der Waals surface area contributed by atoms with Gasteiger partial charge in [-0.15, -0.1) is 0 Å². The van der Waals surface area contributed by atoms with Crippen molar-refractivity contribution in [2.75, 3.05) is 11.5 Å². The van der Waals surface area contributed by atoms with Crippen LogP contribution in [0.2, 0.25) is 0 Å². The van der Waals surface area contributed by atoms with Crippen LogP contribution >= 0.6 is 0 Å². The Labute approximate surface area is 211 Å². The highest BCUT2D eigenvalue weighted by Crippen LogP contribution is 2.43. The first-order valence-electron chi connectivity index (χ1n) is 11.9. The molecule has 1 atom stereocenters. The van der Waals surface area contributed by atoms with Crippen molar-refractivity contribution < 1.29 is 27.1 Å². The zero-order valence-electron chi connectivity index (χ0n) is 20.2. The Kier molecular flexibility index (Phi) is 6.27. The molecule has 1 amide bonds. The largest absolute Gasteiger partial charge is 0.494 e. The topological polar surface area (TPSA) is 59.8 Å². The van der Waals surface area contributed by atoms with Crippen LogP contribution in [-0.4, -0.2) is 12.5 Å². The van der Waals surface area contributed by atoms with E-state index in [4.69, 9.17) is 9.15 Å². The van der Waals surface area contributed by atoms with E-state index in [0.29, 0.717) is 23.8 Å². The number of halogens is 3. The number of benzene rings is 3. The Morgan fingerprint density at radius 1 is 0.973 bits per heavy atom. The maximum atomic E-state index is 13.7. The molecule has 0 bridgehead atoms. The van der Waals surface area contributed by atoms with Crippen molar-refractivity contribution in [3.8, 4) is 5.75 Å². The van der Waals surface area contributed by atoms with Gasteiger partial charge in [-0.3, -0.25) is 14.5 Å². The van der Waals surface area contributed by atoms with Crippen molar-refractivity contribution in [2.45, 2.75) is 32.5 Å². The summed E-state index contributed by atoms with van der Waals surface area (Å²) in [6.07, 6.45) is -3.77. The van der Waals surface area contributed by atoms with Gasteiger partial charge in [0, 0.05) is 5.69 Å². The summed E-state index contributed by atoms with van der Waals surface area (Å²) in [6, 6.07) is 17.0. The molecule has 1 aromatic heterocycles. The predicted molar refractivity (Wildman–Crippen MR) is 134 cm³/mol. The van der Waals surface area contributed by atoms with Gasteiger partial charge in [-0.05, 0) is 60.4 Å². The number of para-hydroxylation sites is 1. The molecule has 1 aliphatic rings. The summed E-state index contributed by atoms with van der Waals surface area (Å²) in [6.45, 7) is 4.64. The minimum Gasteiger partial charge on any atom is -0.494 e. The van der Waals surface area contributed by atoms with E-state index in [1.165, 1.54) is 17.0 Å². The van der Waals surface area contributed by atoms with Crippen molar-refractivity contribution >= 4 is 22.6 Å². The van der Waals surface area contributed by atoms with Crippen molar-refractivity contribution in [1.29, 1.82) is 0 Å². The molecule has 2 heterocycles. The van der Waals surface area contributed by atoms with E-state index >= 15 is 0 Å². The zero-order valence-corrected chi connectivity index (χ0v) is 20.2. The number of nitrogens with zero attached hydrogens (tertiary/aromatic N) is 1. The second kappa shape index (κ2) is 9.42. The molecule has 8 heteroatoms. The van der Waals surface area contributed by atoms with Gasteiger partial charge in [0.1, 0.15) is 11.3 Å². The van der Waals surface area contributed by atoms with E-state index < -0.39 is 29.1 Å². The lowest BCUT2D eigenvalue weighted by Gasteiger charge is -2.26. The molecule has 190 valence electrons. The van der Waals surface area contributed by atoms with E-state index in [2.05, 4.69) is 13.8 Å². The zero-order chi connectivity index (χ0) is 26.3. The third kappa shape index (κ3) is 4.59. The molecule has 0 spiro atoms. The quantitative estimate of drug-likeness (QED) is 0.282. The molecular weight excluding hydrogens is 483 g/mol. The van der Waals surface area contributed by atoms with Crippen LogP contribution in [0.25, 0.3) is 11.0 Å². The number of carbonyl (C=O) groups excluding carboxylic acids is 1. The van der Waals surface area contributed by atoms with Gasteiger partial charge < -0.3 is 9.15 Å². The fourth-order valence-corrected chi connectivity index (χ4v) is 4.52. The molecule has 1 unspecified atom stereocenters. The molecule has 5 nitrogen and oxygen atoms in total. The van der Waals surface area contributed by atoms with Crippen molar-refractivity contribution in [3.63, 3.8) is 0 Å². The molecule has 0 N–H and O–H groups in total. The summed E-state index contributed by atoms with van der Waals surface area (Å²) in [5.74, 6) is 0.107. The number of anilines is 1. The molecule has 0 aliphatic carbocycles. The van der Waals surface area contributed by atoms with Gasteiger partial charge in [-0.2, -0.15) is 13.2 Å². The van der Waals surface area contributed by atoms with Crippen LogP contribution in [0, 0.1) is 5.92 Å². The Balaban J connectivity index is 1.69. The minimum atomic E-state index is -4.60. The monoisotopic (exact) mass is 507 g/mol. The Hall–Kier alpha value is -4.07. The molecule has 3 aromatic carbocycles. The van der Waals surface area contributed by atoms with E-state index in [0.717, 1.165) is 18.6 Å². The Morgan fingerprint density at radius 3 is 2.49 bits per heavy atom. The number of ether oxygens (including phenoxy) is 1. The fourth-order valence-electron chi connectivity index (χ4n) is 4.52. The molecule has 4 aromatic rings. The number of carbonyl (C=O) groups is 1. The Morgan fingerprint density at radius 2 is 1.73 bits per heavy atom. The minimum absolute atomic E-state index is 0.00538. The number of amides is 1. The maximum Gasteiger partial charge on any atom is 0.416 e. The lowest BCUT2D eigenvalue weighted by molar-refractivity contribution is -0.137. The van der Waals surface area contributed by atoms with Crippen LogP contribution in [0.15, 0.2) is 82.0 Å². The lowest BCUT2D eigenvalue weighted by Crippen LogP contribution is -2.29. The predicted octanol–water partition coefficient (Wildman–Crippen LogP) is 6.99. The second-order valence-corrected chi connectivity index (χ2v) is 9.40. The summed E-state index contributed by atoms with van der Waals surface area (Å²) < 4.78 is 52.3. The highest BCUT2D eigenvalue weighted by molar-refractivity contribution is 6.10. The molecule has 1 aliphatic heterocycles. The Bertz CT molecular complexity index is 1540. The highest BCUT2D eigenvalue weighted by Gasteiger charge is 2.44. The molecule has 37 heavy (non-hydrogen) atoms. The maximum absolute atomic E-state index is 13.7. The van der Waals surface area contributed by atoms with E-state index in [-0.39, 0.29) is 28.0 Å². The highest BCUT2D eigenvalue weighted by atomic mass is 19.4. The standard InChI is InChI=1S/C29H24F3NO4/c1-17(2)13-14-36-21-10-5-7-18(15-21)25-24-26(34)22-11-3-4-12-23(22)37-27(24)28(35)33(25)20-9-6-8-19(16-20)29(30,31)32/h3-12,15-17,25H,13-14H2,1-2H3. The van der Waals surface area contributed by atoms with Gasteiger partial charge in [0.05, 0.1) is 29.2 Å². The first-order chi connectivity index (χ1) is 17.6. The SMILES string of the molecule is CC(C)CCOc1cccc(C2c3c(oc4ccccc4c3=O)C(=O)N2c2cccc(C(F)(F)F)c2)c1. The van der Waals surface area contributed by atoms with Crippen LogP contribution < -0.4 is 15.1 Å². The van der Waals surface area contributed by atoms with Gasteiger partial charge in [-0.1, -0.05) is 44.2 Å². The van der Waals surface area contributed by atoms with Crippen molar-refractivity contribution in [1.82, 2.24) is 0 Å². The van der Waals surface area contributed by atoms with E-state index in [9.17, 15) is 22.8 Å². The first kappa shape index (κ1) is 24.6. The fraction of sp³-hybridized carbons (Fsp3) is 0.241. The normalized spacial score (nSPS) is 15.5. The van der Waals surface area contributed by atoms with Crippen LogP contribution in [-0.2, 0) is 6.18 Å². The van der Waals surface area contributed by atoms with Gasteiger partial charge in [0.15, 0.2) is 5.43 Å². The van der Waals surface area contributed by atoms with Gasteiger partial charge in [0.25, 0.3) is 5.91 Å². The average Bonchev–Trinajstić information content (AvgIpc) is 3.16. The summed E-state index contributed by atoms with van der Waals surface area (Å²) in [7, 11) is 0. The molecule has 0 radical (unpaired) electrons. The first-order valence-corrected chi connectivity index (χ1v) is 11.9. The van der Waals surface area contributed by atoms with Gasteiger partial charge in [0.2, 0.25) is 5.76 Å². The van der Waals surface area contributed by atoms with Crippen LogP contribution in [0.5, 0.6) is 5.75 Å². The number of hydrogen-bond donors (Lipinski definition) is 0. The third-order valence-electron chi connectivity index (χ3n) is 6.37. The number of rotatable bonds is 6. The smallest absolute Gasteiger partial charge is 0.416 e. The molecular formula is C29H24F3NO4. The molecule has 0 fully saturated rings. The van der Waals surface area contributed by atoms with Crippen LogP contribution in [0.3, 0.4) is 0 Å². The molecule has 0 saturated heterocycles. The van der Waals surface area contributed by atoms with Gasteiger partial charge in [-0.25, -0.2) is 0 Å². The van der Waals surface area contributed by atoms with Gasteiger partial charge >= 0.3 is 6.18 Å². The van der Waals surface area contributed by atoms with Crippen molar-refractivity contribution in [3.05, 3.63) is 105 Å². The summed E-state index contributed by atoms with van der Waals surface area (Å²) in [5.41, 5.74) is -0.464. The van der Waals surface area contributed by atoms with Crippen LogP contribution in [0.4, 0.5) is 18.9 Å². The third-order valence-corrected chi connectivity index (χ3v) is 6.37. The van der Waals surface area contributed by atoms with Crippen molar-refractivity contribution in [2.24, 2.45) is 5.92 Å². The van der Waals surface area contributed by atoms with E-state index in [1.807, 2.05) is 0 Å². The molecule has 0 saturated carbocycles. The summed E-state index contributed by atoms with van der Waals surface area (Å²) in [5, 5.41) is 0.286. The number of fused-ring (bicyclic) bond motifs is 2. The second-order valence-electron chi connectivity index (χ2n) is 9.40.